The number of fused-ring (bicyclic) bond motifs is 4. The predicted octanol–water partition coefficient (Wildman–Crippen LogP) is 12.6. The second-order valence-corrected chi connectivity index (χ2v) is 12.7. The van der Waals surface area contributed by atoms with Gasteiger partial charge in [-0.05, 0) is 128 Å². The van der Waals surface area contributed by atoms with E-state index in [1.165, 1.54) is 48.1 Å². The van der Waals surface area contributed by atoms with Gasteiger partial charge in [0, 0.05) is 22.6 Å². The topological polar surface area (TPSA) is 16.1 Å². The lowest BCUT2D eigenvalue weighted by molar-refractivity contribution is 1.29. The zero-order chi connectivity index (χ0) is 30.5. The zero-order valence-electron chi connectivity index (χ0n) is 25.0. The van der Waals surface area contributed by atoms with Gasteiger partial charge in [-0.3, -0.25) is 0 Å². The lowest BCUT2D eigenvalue weighted by Gasteiger charge is -2.26. The van der Waals surface area contributed by atoms with Crippen molar-refractivity contribution in [2.45, 2.75) is 0 Å². The fourth-order valence-electron chi connectivity index (χ4n) is 6.44. The van der Waals surface area contributed by atoms with Crippen molar-refractivity contribution in [2.24, 2.45) is 0 Å². The van der Waals surface area contributed by atoms with Gasteiger partial charge in [0.1, 0.15) is 5.01 Å². The van der Waals surface area contributed by atoms with Crippen molar-refractivity contribution in [3.8, 4) is 21.7 Å². The number of hydrogen-bond acceptors (Lipinski definition) is 3. The summed E-state index contributed by atoms with van der Waals surface area (Å²) in [6.07, 6.45) is 0. The van der Waals surface area contributed by atoms with Crippen LogP contribution in [0, 0.1) is 0 Å². The Morgan fingerprint density at radius 1 is 0.370 bits per heavy atom. The summed E-state index contributed by atoms with van der Waals surface area (Å²) in [6, 6.07) is 61.2. The van der Waals surface area contributed by atoms with Crippen molar-refractivity contribution >= 4 is 70.9 Å². The minimum Gasteiger partial charge on any atom is -0.310 e. The van der Waals surface area contributed by atoms with Crippen LogP contribution in [-0.4, -0.2) is 4.98 Å². The monoisotopic (exact) mass is 604 g/mol. The summed E-state index contributed by atoms with van der Waals surface area (Å²) in [7, 11) is 0. The molecule has 0 atom stereocenters. The fraction of sp³-hybridized carbons (Fsp3) is 0. The second kappa shape index (κ2) is 11.0. The van der Waals surface area contributed by atoms with Crippen LogP contribution in [0.3, 0.4) is 0 Å². The Kier molecular flexibility index (Phi) is 6.36. The van der Waals surface area contributed by atoms with Gasteiger partial charge >= 0.3 is 0 Å². The lowest BCUT2D eigenvalue weighted by atomic mass is 9.97. The van der Waals surface area contributed by atoms with E-state index in [0.29, 0.717) is 0 Å². The Balaban J connectivity index is 1.07. The summed E-state index contributed by atoms with van der Waals surface area (Å²) in [6.45, 7) is 0. The van der Waals surface area contributed by atoms with E-state index in [2.05, 4.69) is 169 Å². The Bertz CT molecular complexity index is 2500. The Morgan fingerprint density at radius 2 is 0.891 bits per heavy atom. The fourth-order valence-corrected chi connectivity index (χ4v) is 7.42. The molecule has 0 saturated heterocycles. The third-order valence-corrected chi connectivity index (χ3v) is 9.89. The summed E-state index contributed by atoms with van der Waals surface area (Å²) in [5.74, 6) is 0. The largest absolute Gasteiger partial charge is 0.310 e. The molecule has 9 rings (SSSR count). The highest BCUT2D eigenvalue weighted by molar-refractivity contribution is 7.21. The first-order valence-corrected chi connectivity index (χ1v) is 16.3. The molecule has 0 bridgehead atoms. The van der Waals surface area contributed by atoms with Gasteiger partial charge in [0.15, 0.2) is 0 Å². The summed E-state index contributed by atoms with van der Waals surface area (Å²) in [5, 5.41) is 8.55. The first kappa shape index (κ1) is 26.6. The standard InChI is InChI=1S/C43H28N2S/c1-2-10-38(11-3-1)45(39-21-18-29(19-22-39)43-44-41-12-6-7-13-42(41)46-43)40-23-20-34-25-32(15-17-36(34)28-40)33-14-16-35-24-30-8-4-5-9-31(30)26-37(35)27-33/h1-28H. The van der Waals surface area contributed by atoms with Crippen molar-refractivity contribution in [3.63, 3.8) is 0 Å². The molecule has 0 aliphatic rings. The Morgan fingerprint density at radius 3 is 1.65 bits per heavy atom. The molecule has 46 heavy (non-hydrogen) atoms. The van der Waals surface area contributed by atoms with Crippen LogP contribution in [-0.2, 0) is 0 Å². The van der Waals surface area contributed by atoms with E-state index in [4.69, 9.17) is 4.98 Å². The summed E-state index contributed by atoms with van der Waals surface area (Å²) < 4.78 is 1.21. The lowest BCUT2D eigenvalue weighted by Crippen LogP contribution is -2.09. The molecule has 1 heterocycles. The number of hydrogen-bond donors (Lipinski definition) is 0. The number of aromatic nitrogens is 1. The normalized spacial score (nSPS) is 11.5. The van der Waals surface area contributed by atoms with E-state index in [-0.39, 0.29) is 0 Å². The molecule has 0 saturated carbocycles. The van der Waals surface area contributed by atoms with Crippen molar-refractivity contribution in [3.05, 3.63) is 170 Å². The molecule has 0 aliphatic carbocycles. The smallest absolute Gasteiger partial charge is 0.124 e. The highest BCUT2D eigenvalue weighted by Gasteiger charge is 2.14. The molecule has 0 aliphatic heterocycles. The van der Waals surface area contributed by atoms with E-state index < -0.39 is 0 Å². The van der Waals surface area contributed by atoms with Crippen molar-refractivity contribution in [1.82, 2.24) is 4.98 Å². The molecule has 0 unspecified atom stereocenters. The summed E-state index contributed by atoms with van der Waals surface area (Å²) >= 11 is 1.73. The SMILES string of the molecule is c1ccc(N(c2ccc(-c3nc4ccccc4s3)cc2)c2ccc3cc(-c4ccc5cc6ccccc6cc5c4)ccc3c2)cc1. The van der Waals surface area contributed by atoms with Gasteiger partial charge < -0.3 is 4.90 Å². The van der Waals surface area contributed by atoms with Gasteiger partial charge in [-0.2, -0.15) is 0 Å². The molecule has 1 aromatic heterocycles. The average molecular weight is 605 g/mol. The van der Waals surface area contributed by atoms with E-state index >= 15 is 0 Å². The van der Waals surface area contributed by atoms with Crippen LogP contribution in [0.4, 0.5) is 17.1 Å². The number of thiazole rings is 1. The number of benzene rings is 8. The molecular weight excluding hydrogens is 577 g/mol. The molecule has 0 radical (unpaired) electrons. The van der Waals surface area contributed by atoms with Gasteiger partial charge in [0.2, 0.25) is 0 Å². The number of anilines is 3. The Labute approximate surface area is 271 Å². The third kappa shape index (κ3) is 4.79. The molecule has 9 aromatic rings. The van der Waals surface area contributed by atoms with E-state index in [0.717, 1.165) is 33.1 Å². The minimum atomic E-state index is 1.04. The minimum absolute atomic E-state index is 1.04. The molecule has 0 spiro atoms. The predicted molar refractivity (Wildman–Crippen MR) is 198 cm³/mol. The first-order chi connectivity index (χ1) is 22.7. The van der Waals surface area contributed by atoms with Crippen LogP contribution in [0.5, 0.6) is 0 Å². The average Bonchev–Trinajstić information content (AvgIpc) is 3.56. The highest BCUT2D eigenvalue weighted by Crippen LogP contribution is 2.39. The van der Waals surface area contributed by atoms with Gasteiger partial charge in [0.25, 0.3) is 0 Å². The maximum Gasteiger partial charge on any atom is 0.124 e. The van der Waals surface area contributed by atoms with Crippen LogP contribution >= 0.6 is 11.3 Å². The third-order valence-electron chi connectivity index (χ3n) is 8.80. The maximum absolute atomic E-state index is 4.87. The summed E-state index contributed by atoms with van der Waals surface area (Å²) in [4.78, 5) is 7.19. The van der Waals surface area contributed by atoms with Gasteiger partial charge in [0.05, 0.1) is 10.2 Å². The zero-order valence-corrected chi connectivity index (χ0v) is 25.8. The van der Waals surface area contributed by atoms with Crippen molar-refractivity contribution in [2.75, 3.05) is 4.90 Å². The van der Waals surface area contributed by atoms with Crippen LogP contribution in [0.2, 0.25) is 0 Å². The number of rotatable bonds is 5. The van der Waals surface area contributed by atoms with E-state index in [1.54, 1.807) is 11.3 Å². The van der Waals surface area contributed by atoms with Crippen molar-refractivity contribution in [1.29, 1.82) is 0 Å². The van der Waals surface area contributed by atoms with Gasteiger partial charge in [-0.25, -0.2) is 4.98 Å². The van der Waals surface area contributed by atoms with Gasteiger partial charge in [-0.15, -0.1) is 11.3 Å². The van der Waals surface area contributed by atoms with Crippen LogP contribution < -0.4 is 4.90 Å². The maximum atomic E-state index is 4.87. The molecule has 0 N–H and O–H groups in total. The van der Waals surface area contributed by atoms with Crippen LogP contribution in [0.1, 0.15) is 0 Å². The molecule has 216 valence electrons. The molecular formula is C43H28N2S. The molecule has 3 heteroatoms. The molecule has 8 aromatic carbocycles. The van der Waals surface area contributed by atoms with Crippen LogP contribution in [0.15, 0.2) is 170 Å². The second-order valence-electron chi connectivity index (χ2n) is 11.7. The molecule has 0 fully saturated rings. The van der Waals surface area contributed by atoms with E-state index in [1.807, 2.05) is 6.07 Å². The van der Waals surface area contributed by atoms with Gasteiger partial charge in [-0.1, -0.05) is 84.9 Å². The molecule has 0 amide bonds. The number of nitrogens with zero attached hydrogens (tertiary/aromatic N) is 2. The number of para-hydroxylation sites is 2. The quantitative estimate of drug-likeness (QED) is 0.182. The van der Waals surface area contributed by atoms with E-state index in [9.17, 15) is 0 Å². The van der Waals surface area contributed by atoms with Crippen LogP contribution in [0.25, 0.3) is 64.2 Å². The molecule has 2 nitrogen and oxygen atoms in total. The van der Waals surface area contributed by atoms with Crippen molar-refractivity contribution < 1.29 is 0 Å². The summed E-state index contributed by atoms with van der Waals surface area (Å²) in [5.41, 5.74) is 7.98. The first-order valence-electron chi connectivity index (χ1n) is 15.5. The highest BCUT2D eigenvalue weighted by atomic mass is 32.1. The Hall–Kier alpha value is -5.77.